The molecule has 172 valence electrons. The number of anilines is 3. The lowest BCUT2D eigenvalue weighted by Crippen LogP contribution is -2.33. The highest BCUT2D eigenvalue weighted by molar-refractivity contribution is 7.99. The number of carbonyl (C=O) groups excluding carboxylic acids is 1. The highest BCUT2D eigenvalue weighted by Gasteiger charge is 2.33. The zero-order valence-electron chi connectivity index (χ0n) is 18.5. The van der Waals surface area contributed by atoms with Crippen LogP contribution in [0.2, 0.25) is 0 Å². The number of hydrogen-bond donors (Lipinski definition) is 2. The number of nitrogens with zero attached hydrogens (tertiary/aromatic N) is 5. The van der Waals surface area contributed by atoms with Gasteiger partial charge in [0.15, 0.2) is 15.9 Å². The molecule has 9 nitrogen and oxygen atoms in total. The lowest BCUT2D eigenvalue weighted by Gasteiger charge is -2.33. The Morgan fingerprint density at radius 3 is 2.85 bits per heavy atom. The van der Waals surface area contributed by atoms with E-state index in [-0.39, 0.29) is 11.7 Å². The number of rotatable bonds is 6. The van der Waals surface area contributed by atoms with E-state index in [9.17, 15) is 10.1 Å². The molecule has 5 rings (SSSR count). The van der Waals surface area contributed by atoms with Gasteiger partial charge in [-0.25, -0.2) is 4.98 Å². The highest BCUT2D eigenvalue weighted by atomic mass is 32.2. The molecule has 0 saturated carbocycles. The molecule has 3 aromatic heterocycles. The molecule has 1 aliphatic heterocycles. The fourth-order valence-electron chi connectivity index (χ4n) is 3.86. The number of aromatic nitrogens is 4. The van der Waals surface area contributed by atoms with E-state index in [0.717, 1.165) is 16.8 Å². The van der Waals surface area contributed by atoms with E-state index in [4.69, 9.17) is 4.74 Å². The van der Waals surface area contributed by atoms with Crippen LogP contribution in [0, 0.1) is 11.3 Å². The van der Waals surface area contributed by atoms with Gasteiger partial charge in [-0.1, -0.05) is 30.0 Å². The second-order valence-corrected chi connectivity index (χ2v) is 10.2. The van der Waals surface area contributed by atoms with Crippen LogP contribution in [0.4, 0.5) is 16.6 Å². The summed E-state index contributed by atoms with van der Waals surface area (Å²) in [6.45, 7) is 4.36. The van der Waals surface area contributed by atoms with Gasteiger partial charge in [-0.15, -0.1) is 21.5 Å². The number of pyridine rings is 1. The van der Waals surface area contributed by atoms with E-state index in [0.29, 0.717) is 40.3 Å². The molecule has 1 aromatic carbocycles. The van der Waals surface area contributed by atoms with Gasteiger partial charge in [0.1, 0.15) is 11.9 Å². The van der Waals surface area contributed by atoms with Crippen molar-refractivity contribution in [2.24, 2.45) is 0 Å². The predicted octanol–water partition coefficient (Wildman–Crippen LogP) is 4.38. The number of nitriles is 1. The third kappa shape index (κ3) is 4.35. The number of amides is 1. The Bertz CT molecular complexity index is 1390. The zero-order chi connectivity index (χ0) is 23.7. The number of thioether (sulfide) groups is 1. The summed E-state index contributed by atoms with van der Waals surface area (Å²) in [5.74, 6) is 0.499. The summed E-state index contributed by atoms with van der Waals surface area (Å²) < 4.78 is 7.85. The Morgan fingerprint density at radius 2 is 2.12 bits per heavy atom. The SMILES string of the molecule is CC1(C)Cc2c(C#N)c(Nc3ccccc3)n3c(SCC(=O)Nc4nccs4)nnc3c2CO1. The van der Waals surface area contributed by atoms with Gasteiger partial charge in [0.2, 0.25) is 5.91 Å². The molecule has 4 aromatic rings. The minimum Gasteiger partial charge on any atom is -0.370 e. The van der Waals surface area contributed by atoms with Crippen molar-refractivity contribution in [1.82, 2.24) is 19.6 Å². The number of hydrogen-bond acceptors (Lipinski definition) is 9. The molecule has 0 spiro atoms. The minimum absolute atomic E-state index is 0.119. The van der Waals surface area contributed by atoms with Crippen LogP contribution in [-0.4, -0.2) is 36.8 Å². The minimum atomic E-state index is -0.396. The van der Waals surface area contributed by atoms with Crippen LogP contribution in [0.25, 0.3) is 5.65 Å². The summed E-state index contributed by atoms with van der Waals surface area (Å²) >= 11 is 2.60. The predicted molar refractivity (Wildman–Crippen MR) is 131 cm³/mol. The third-order valence-electron chi connectivity index (χ3n) is 5.40. The normalized spacial score (nSPS) is 14.4. The number of fused-ring (bicyclic) bond motifs is 3. The first-order chi connectivity index (χ1) is 16.4. The summed E-state index contributed by atoms with van der Waals surface area (Å²) in [6, 6.07) is 12.0. The van der Waals surface area contributed by atoms with Gasteiger partial charge in [0.25, 0.3) is 0 Å². The fraction of sp³-hybridized carbons (Fsp3) is 0.261. The molecule has 0 radical (unpaired) electrons. The summed E-state index contributed by atoms with van der Waals surface area (Å²) in [5.41, 5.74) is 3.34. The van der Waals surface area contributed by atoms with Gasteiger partial charge in [-0.3, -0.25) is 9.20 Å². The molecular weight excluding hydrogens is 470 g/mol. The maximum absolute atomic E-state index is 12.4. The summed E-state index contributed by atoms with van der Waals surface area (Å²) in [6.07, 6.45) is 2.22. The molecule has 34 heavy (non-hydrogen) atoms. The number of benzene rings is 1. The Balaban J connectivity index is 1.58. The second-order valence-electron chi connectivity index (χ2n) is 8.32. The van der Waals surface area contributed by atoms with Gasteiger partial charge in [0, 0.05) is 29.2 Å². The zero-order valence-corrected chi connectivity index (χ0v) is 20.2. The molecular formula is C23H21N7O2S2. The fourth-order valence-corrected chi connectivity index (χ4v) is 5.14. The largest absolute Gasteiger partial charge is 0.370 e. The topological polar surface area (TPSA) is 117 Å². The van der Waals surface area contributed by atoms with Gasteiger partial charge in [0.05, 0.1) is 23.5 Å². The number of para-hydroxylation sites is 1. The van der Waals surface area contributed by atoms with Crippen molar-refractivity contribution in [2.75, 3.05) is 16.4 Å². The van der Waals surface area contributed by atoms with E-state index in [1.807, 2.05) is 48.6 Å². The van der Waals surface area contributed by atoms with Gasteiger partial charge >= 0.3 is 0 Å². The van der Waals surface area contributed by atoms with E-state index in [1.54, 1.807) is 11.6 Å². The van der Waals surface area contributed by atoms with Crippen molar-refractivity contribution >= 4 is 51.3 Å². The van der Waals surface area contributed by atoms with Crippen LogP contribution in [0.3, 0.4) is 0 Å². The number of ether oxygens (including phenoxy) is 1. The summed E-state index contributed by atoms with van der Waals surface area (Å²) in [4.78, 5) is 16.5. The van der Waals surface area contributed by atoms with Crippen LogP contribution in [-0.2, 0) is 22.6 Å². The van der Waals surface area contributed by atoms with Crippen LogP contribution in [0.15, 0.2) is 47.1 Å². The van der Waals surface area contributed by atoms with Crippen LogP contribution < -0.4 is 10.6 Å². The van der Waals surface area contributed by atoms with Crippen molar-refractivity contribution in [3.63, 3.8) is 0 Å². The second kappa shape index (κ2) is 9.06. The first-order valence-electron chi connectivity index (χ1n) is 10.6. The lowest BCUT2D eigenvalue weighted by atomic mass is 9.89. The maximum atomic E-state index is 12.4. The average molecular weight is 492 g/mol. The summed E-state index contributed by atoms with van der Waals surface area (Å²) in [5, 5.41) is 28.0. The van der Waals surface area contributed by atoms with Crippen LogP contribution in [0.1, 0.15) is 30.5 Å². The Morgan fingerprint density at radius 1 is 1.29 bits per heavy atom. The number of carbonyl (C=O) groups is 1. The first-order valence-corrected chi connectivity index (χ1v) is 12.4. The number of thiazole rings is 1. The van der Waals surface area contributed by atoms with Crippen molar-refractivity contribution in [1.29, 1.82) is 5.26 Å². The number of nitrogens with one attached hydrogen (secondary N) is 2. The smallest absolute Gasteiger partial charge is 0.236 e. The van der Waals surface area contributed by atoms with E-state index in [1.165, 1.54) is 23.1 Å². The van der Waals surface area contributed by atoms with Crippen molar-refractivity contribution < 1.29 is 9.53 Å². The molecule has 1 aliphatic rings. The van der Waals surface area contributed by atoms with Crippen molar-refractivity contribution in [3.05, 3.63) is 58.6 Å². The summed E-state index contributed by atoms with van der Waals surface area (Å²) in [7, 11) is 0. The molecule has 2 N–H and O–H groups in total. The van der Waals surface area contributed by atoms with Gasteiger partial charge < -0.3 is 15.4 Å². The van der Waals surface area contributed by atoms with E-state index >= 15 is 0 Å². The lowest BCUT2D eigenvalue weighted by molar-refractivity contribution is -0.113. The van der Waals surface area contributed by atoms with E-state index in [2.05, 4.69) is 31.9 Å². The molecule has 0 aliphatic carbocycles. The van der Waals surface area contributed by atoms with Gasteiger partial charge in [-0.05, 0) is 31.5 Å². The Labute approximate surface area is 204 Å². The molecule has 1 amide bonds. The first kappa shape index (κ1) is 22.3. The maximum Gasteiger partial charge on any atom is 0.236 e. The molecule has 11 heteroatoms. The molecule has 0 bridgehead atoms. The Kier molecular flexibility index (Phi) is 5.95. The molecule has 0 fully saturated rings. The third-order valence-corrected chi connectivity index (χ3v) is 7.02. The monoisotopic (exact) mass is 491 g/mol. The molecule has 4 heterocycles. The quantitative estimate of drug-likeness (QED) is 0.382. The van der Waals surface area contributed by atoms with Crippen molar-refractivity contribution in [3.8, 4) is 6.07 Å². The highest BCUT2D eigenvalue weighted by Crippen LogP contribution is 2.38. The van der Waals surface area contributed by atoms with Gasteiger partial charge in [-0.2, -0.15) is 5.26 Å². The van der Waals surface area contributed by atoms with Crippen molar-refractivity contribution in [2.45, 2.75) is 37.6 Å². The standard InChI is InChI=1S/C23H21N7O2S2/c1-23(2)10-15-16(11-24)19(26-14-6-4-3-5-7-14)30-20(17(15)12-32-23)28-29-22(30)34-13-18(31)27-21-25-8-9-33-21/h3-9,26H,10,12-13H2,1-2H3,(H,25,27,31). The molecule has 0 unspecified atom stereocenters. The Hall–Kier alpha value is -3.46. The molecule has 0 saturated heterocycles. The van der Waals surface area contributed by atoms with Crippen LogP contribution >= 0.6 is 23.1 Å². The van der Waals surface area contributed by atoms with Crippen LogP contribution in [0.5, 0.6) is 0 Å². The van der Waals surface area contributed by atoms with E-state index < -0.39 is 5.60 Å². The molecule has 0 atom stereocenters. The average Bonchev–Trinajstić information content (AvgIpc) is 3.48.